The van der Waals surface area contributed by atoms with Crippen LogP contribution in [0.4, 0.5) is 11.4 Å². The number of halogens is 1. The van der Waals surface area contributed by atoms with E-state index in [1.54, 1.807) is 12.1 Å². The van der Waals surface area contributed by atoms with Crippen molar-refractivity contribution in [2.45, 2.75) is 20.8 Å². The molecule has 88 valence electrons. The van der Waals surface area contributed by atoms with Crippen molar-refractivity contribution in [3.63, 3.8) is 0 Å². The van der Waals surface area contributed by atoms with E-state index < -0.39 is 0 Å². The predicted molar refractivity (Wildman–Crippen MR) is 73.8 cm³/mol. The van der Waals surface area contributed by atoms with Gasteiger partial charge >= 0.3 is 0 Å². The standard InChI is InChI=1S/C11H15IN2O2/c1-11(2,3)7-13-9-5-4-8(12)6-10(9)14(15)16/h4-6,13H,7H2,1-3H3. The summed E-state index contributed by atoms with van der Waals surface area (Å²) in [7, 11) is 0. The molecule has 0 aliphatic rings. The van der Waals surface area contributed by atoms with Crippen LogP contribution >= 0.6 is 22.6 Å². The molecule has 0 fully saturated rings. The van der Waals surface area contributed by atoms with Crippen LogP contribution in [0, 0.1) is 19.1 Å². The molecule has 5 heteroatoms. The van der Waals surface area contributed by atoms with E-state index in [1.807, 2.05) is 6.07 Å². The van der Waals surface area contributed by atoms with Crippen LogP contribution in [0.3, 0.4) is 0 Å². The van der Waals surface area contributed by atoms with Crippen LogP contribution in [0.1, 0.15) is 20.8 Å². The molecule has 0 atom stereocenters. The number of hydrogen-bond donors (Lipinski definition) is 1. The third-order valence-electron chi connectivity index (χ3n) is 1.97. The maximum atomic E-state index is 10.9. The maximum Gasteiger partial charge on any atom is 0.293 e. The molecule has 0 amide bonds. The molecule has 1 aromatic carbocycles. The van der Waals surface area contributed by atoms with Gasteiger partial charge < -0.3 is 5.32 Å². The van der Waals surface area contributed by atoms with E-state index in [2.05, 4.69) is 48.7 Å². The van der Waals surface area contributed by atoms with Gasteiger partial charge in [0.15, 0.2) is 0 Å². The van der Waals surface area contributed by atoms with Crippen molar-refractivity contribution in [1.82, 2.24) is 0 Å². The lowest BCUT2D eigenvalue weighted by molar-refractivity contribution is -0.384. The highest BCUT2D eigenvalue weighted by atomic mass is 127. The van der Waals surface area contributed by atoms with Gasteiger partial charge in [-0.25, -0.2) is 0 Å². The molecule has 4 nitrogen and oxygen atoms in total. The lowest BCUT2D eigenvalue weighted by Gasteiger charge is -2.19. The third kappa shape index (κ3) is 3.96. The zero-order chi connectivity index (χ0) is 12.3. The first-order valence-corrected chi connectivity index (χ1v) is 6.05. The van der Waals surface area contributed by atoms with E-state index in [9.17, 15) is 10.1 Å². The zero-order valence-corrected chi connectivity index (χ0v) is 11.7. The number of hydrogen-bond acceptors (Lipinski definition) is 3. The summed E-state index contributed by atoms with van der Waals surface area (Å²) in [5, 5.41) is 14.0. The summed E-state index contributed by atoms with van der Waals surface area (Å²) in [6, 6.07) is 5.19. The molecule has 0 heterocycles. The Morgan fingerprint density at radius 1 is 1.44 bits per heavy atom. The van der Waals surface area contributed by atoms with Gasteiger partial charge in [0.05, 0.1) is 4.92 Å². The molecule has 0 aliphatic carbocycles. The number of nitrogens with one attached hydrogen (secondary N) is 1. The molecular weight excluding hydrogens is 319 g/mol. The molecule has 0 bridgehead atoms. The fraction of sp³-hybridized carbons (Fsp3) is 0.455. The molecule has 16 heavy (non-hydrogen) atoms. The van der Waals surface area contributed by atoms with Gasteiger partial charge in [0.25, 0.3) is 5.69 Å². The van der Waals surface area contributed by atoms with Gasteiger partial charge in [0, 0.05) is 16.2 Å². The van der Waals surface area contributed by atoms with E-state index in [1.165, 1.54) is 0 Å². The Hall–Kier alpha value is -0.850. The molecule has 0 spiro atoms. The van der Waals surface area contributed by atoms with Gasteiger partial charge in [-0.1, -0.05) is 20.8 Å². The number of nitrogens with zero attached hydrogens (tertiary/aromatic N) is 1. The van der Waals surface area contributed by atoms with Crippen molar-refractivity contribution in [2.24, 2.45) is 5.41 Å². The molecule has 0 radical (unpaired) electrons. The average Bonchev–Trinajstić information content (AvgIpc) is 2.14. The second kappa shape index (κ2) is 4.99. The van der Waals surface area contributed by atoms with Crippen molar-refractivity contribution in [3.05, 3.63) is 31.9 Å². The number of nitro benzene ring substituents is 1. The van der Waals surface area contributed by atoms with Crippen molar-refractivity contribution in [2.75, 3.05) is 11.9 Å². The molecule has 0 saturated carbocycles. The normalized spacial score (nSPS) is 11.2. The molecule has 0 unspecified atom stereocenters. The number of rotatable bonds is 3. The second-order valence-corrected chi connectivity index (χ2v) is 6.08. The van der Waals surface area contributed by atoms with Crippen molar-refractivity contribution >= 4 is 34.0 Å². The Balaban J connectivity index is 2.91. The summed E-state index contributed by atoms with van der Waals surface area (Å²) in [5.74, 6) is 0. The number of benzene rings is 1. The molecule has 0 aromatic heterocycles. The highest BCUT2D eigenvalue weighted by Gasteiger charge is 2.16. The zero-order valence-electron chi connectivity index (χ0n) is 9.58. The second-order valence-electron chi connectivity index (χ2n) is 4.83. The van der Waals surface area contributed by atoms with Crippen LogP contribution in [-0.4, -0.2) is 11.5 Å². The van der Waals surface area contributed by atoms with Gasteiger partial charge in [-0.15, -0.1) is 0 Å². The minimum atomic E-state index is -0.354. The molecule has 1 N–H and O–H groups in total. The van der Waals surface area contributed by atoms with Gasteiger partial charge in [-0.2, -0.15) is 0 Å². The maximum absolute atomic E-state index is 10.9. The van der Waals surface area contributed by atoms with Crippen molar-refractivity contribution in [3.8, 4) is 0 Å². The Kier molecular flexibility index (Phi) is 4.12. The van der Waals surface area contributed by atoms with E-state index in [4.69, 9.17) is 0 Å². The van der Waals surface area contributed by atoms with Gasteiger partial charge in [-0.05, 0) is 40.1 Å². The Bertz CT molecular complexity index is 399. The SMILES string of the molecule is CC(C)(C)CNc1ccc(I)cc1[N+](=O)[O-]. The first-order valence-electron chi connectivity index (χ1n) is 4.97. The largest absolute Gasteiger partial charge is 0.379 e. The summed E-state index contributed by atoms with van der Waals surface area (Å²) in [6.45, 7) is 6.95. The van der Waals surface area contributed by atoms with Crippen molar-refractivity contribution < 1.29 is 4.92 Å². The lowest BCUT2D eigenvalue weighted by Crippen LogP contribution is -2.19. The lowest BCUT2D eigenvalue weighted by atomic mass is 9.97. The first kappa shape index (κ1) is 13.2. The van der Waals surface area contributed by atoms with Crippen LogP contribution in [0.15, 0.2) is 18.2 Å². The predicted octanol–water partition coefficient (Wildman–Crippen LogP) is 3.66. The quantitative estimate of drug-likeness (QED) is 0.521. The van der Waals surface area contributed by atoms with E-state index in [0.29, 0.717) is 12.2 Å². The van der Waals surface area contributed by atoms with Crippen LogP contribution in [0.2, 0.25) is 0 Å². The Morgan fingerprint density at radius 3 is 2.56 bits per heavy atom. The van der Waals surface area contributed by atoms with Crippen LogP contribution in [0.5, 0.6) is 0 Å². The van der Waals surface area contributed by atoms with Crippen LogP contribution in [0.25, 0.3) is 0 Å². The monoisotopic (exact) mass is 334 g/mol. The highest BCUT2D eigenvalue weighted by molar-refractivity contribution is 14.1. The molecule has 0 aliphatic heterocycles. The fourth-order valence-electron chi connectivity index (χ4n) is 1.17. The summed E-state index contributed by atoms with van der Waals surface area (Å²) in [5.41, 5.74) is 0.813. The Morgan fingerprint density at radius 2 is 2.06 bits per heavy atom. The van der Waals surface area contributed by atoms with E-state index in [0.717, 1.165) is 3.57 Å². The smallest absolute Gasteiger partial charge is 0.293 e. The molecular formula is C11H15IN2O2. The van der Waals surface area contributed by atoms with Crippen LogP contribution < -0.4 is 5.32 Å². The van der Waals surface area contributed by atoms with Crippen LogP contribution in [-0.2, 0) is 0 Å². The molecule has 1 rings (SSSR count). The summed E-state index contributed by atoms with van der Waals surface area (Å²) >= 11 is 2.07. The number of nitro groups is 1. The summed E-state index contributed by atoms with van der Waals surface area (Å²) in [6.07, 6.45) is 0. The fourth-order valence-corrected chi connectivity index (χ4v) is 1.64. The first-order chi connectivity index (χ1) is 7.29. The minimum absolute atomic E-state index is 0.0941. The third-order valence-corrected chi connectivity index (χ3v) is 2.64. The average molecular weight is 334 g/mol. The topological polar surface area (TPSA) is 55.2 Å². The number of anilines is 1. The van der Waals surface area contributed by atoms with Gasteiger partial charge in [-0.3, -0.25) is 10.1 Å². The Labute approximate surface area is 109 Å². The van der Waals surface area contributed by atoms with Gasteiger partial charge in [0.1, 0.15) is 5.69 Å². The highest BCUT2D eigenvalue weighted by Crippen LogP contribution is 2.27. The van der Waals surface area contributed by atoms with Gasteiger partial charge in [0.2, 0.25) is 0 Å². The van der Waals surface area contributed by atoms with E-state index >= 15 is 0 Å². The summed E-state index contributed by atoms with van der Waals surface area (Å²) in [4.78, 5) is 10.5. The van der Waals surface area contributed by atoms with E-state index in [-0.39, 0.29) is 16.0 Å². The summed E-state index contributed by atoms with van der Waals surface area (Å²) < 4.78 is 0.866. The minimum Gasteiger partial charge on any atom is -0.379 e. The molecule has 0 saturated heterocycles. The molecule has 1 aromatic rings. The van der Waals surface area contributed by atoms with Crippen molar-refractivity contribution in [1.29, 1.82) is 0 Å².